The van der Waals surface area contributed by atoms with Crippen LogP contribution in [0.3, 0.4) is 0 Å². The third-order valence-electron chi connectivity index (χ3n) is 14.3. The lowest BCUT2D eigenvalue weighted by molar-refractivity contribution is -0.870. The predicted molar refractivity (Wildman–Crippen MR) is 396 cm³/mol. The summed E-state index contributed by atoms with van der Waals surface area (Å²) in [5, 5.41) is 0. The van der Waals surface area contributed by atoms with E-state index in [-0.39, 0.29) is 26.1 Å². The zero-order valence-electron chi connectivity index (χ0n) is 58.7. The molecular weight excluding hydrogens is 1160 g/mol. The first kappa shape index (κ1) is 86.6. The van der Waals surface area contributed by atoms with Gasteiger partial charge >= 0.3 is 11.9 Å². The Balaban J connectivity index is 4.19. The average molecular weight is 1290 g/mol. The molecule has 0 aromatic carbocycles. The van der Waals surface area contributed by atoms with Gasteiger partial charge in [-0.25, -0.2) is 0 Å². The van der Waals surface area contributed by atoms with Crippen molar-refractivity contribution in [2.24, 2.45) is 0 Å². The van der Waals surface area contributed by atoms with Gasteiger partial charge in [0.2, 0.25) is 0 Å². The van der Waals surface area contributed by atoms with Gasteiger partial charge in [-0.2, -0.15) is 0 Å². The Morgan fingerprint density at radius 3 is 0.870 bits per heavy atom. The van der Waals surface area contributed by atoms with Crippen LogP contribution in [0.1, 0.15) is 245 Å². The molecule has 0 saturated carbocycles. The second-order valence-electron chi connectivity index (χ2n) is 24.1. The topological polar surface area (TPSA) is 111 Å². The Kier molecular flexibility index (Phi) is 65.8. The van der Waals surface area contributed by atoms with Crippen molar-refractivity contribution in [2.45, 2.75) is 251 Å². The number of allylic oxidation sites excluding steroid dienone is 34. The fourth-order valence-electron chi connectivity index (χ4n) is 8.90. The van der Waals surface area contributed by atoms with Crippen molar-refractivity contribution in [2.75, 3.05) is 47.5 Å². The monoisotopic (exact) mass is 1290 g/mol. The van der Waals surface area contributed by atoms with E-state index in [4.69, 9.17) is 18.5 Å². The number of hydrogen-bond acceptors (Lipinski definition) is 8. The second-order valence-corrected chi connectivity index (χ2v) is 25.5. The molecule has 0 fully saturated rings. The van der Waals surface area contributed by atoms with Crippen LogP contribution in [0, 0.1) is 0 Å². The van der Waals surface area contributed by atoms with Crippen molar-refractivity contribution in [3.8, 4) is 0 Å². The van der Waals surface area contributed by atoms with E-state index in [0.29, 0.717) is 23.9 Å². The standard InChI is InChI=1S/C82H130NO8P/c1-6-8-10-12-14-16-18-20-22-24-26-28-30-32-34-36-37-38-39-40-41-42-43-44-45-47-49-51-53-55-57-59-61-63-65-67-69-71-73-75-82(85)91-80(79-90-92(86,87)89-77-76-83(3,4)5)78-88-81(84)74-72-70-68-66-64-62-60-58-56-54-52-50-48-46-35-33-31-29-27-25-23-21-19-17-15-13-11-9-7-2/h8-11,14-17,20-23,26-29,32-35,37-38,40-41,43-44,47-50,53,55,59,61,80H,6-7,12-13,18-19,24-25,30-31,36,39,42,45-46,51-52,54,56-58,60,62-79H2,1-5H3/b10-8-,11-9-,16-14-,17-15-,22-20-,23-21-,28-26-,29-27-,34-32-,35-33-,38-37-,41-40-,44-43-,49-47-,50-48-,55-53-,61-59-. The van der Waals surface area contributed by atoms with Gasteiger partial charge < -0.3 is 27.9 Å². The van der Waals surface area contributed by atoms with Crippen LogP contribution < -0.4 is 4.89 Å². The molecule has 0 aliphatic carbocycles. The van der Waals surface area contributed by atoms with E-state index in [1.54, 1.807) is 0 Å². The van der Waals surface area contributed by atoms with Crippen LogP contribution >= 0.6 is 7.82 Å². The molecule has 10 heteroatoms. The molecule has 0 aliphatic rings. The molecule has 0 spiro atoms. The molecule has 0 radical (unpaired) electrons. The third kappa shape index (κ3) is 73.6. The van der Waals surface area contributed by atoms with Gasteiger partial charge in [-0.05, 0) is 148 Å². The molecule has 0 N–H and O–H groups in total. The zero-order chi connectivity index (χ0) is 66.9. The summed E-state index contributed by atoms with van der Waals surface area (Å²) in [6, 6.07) is 0. The number of likely N-dealkylation sites (N-methyl/N-ethyl adjacent to an activating group) is 1. The van der Waals surface area contributed by atoms with Crippen LogP contribution in [-0.2, 0) is 32.7 Å². The van der Waals surface area contributed by atoms with E-state index < -0.39 is 32.5 Å². The van der Waals surface area contributed by atoms with Gasteiger partial charge in [0, 0.05) is 12.8 Å². The molecule has 2 atom stereocenters. The van der Waals surface area contributed by atoms with Crippen molar-refractivity contribution < 1.29 is 42.1 Å². The van der Waals surface area contributed by atoms with Crippen molar-refractivity contribution >= 4 is 19.8 Å². The van der Waals surface area contributed by atoms with E-state index >= 15 is 0 Å². The lowest BCUT2D eigenvalue weighted by atomic mass is 10.1. The van der Waals surface area contributed by atoms with Crippen LogP contribution in [0.25, 0.3) is 0 Å². The summed E-state index contributed by atoms with van der Waals surface area (Å²) in [5.41, 5.74) is 0. The third-order valence-corrected chi connectivity index (χ3v) is 15.3. The maximum atomic E-state index is 12.9. The normalized spacial score (nSPS) is 14.4. The van der Waals surface area contributed by atoms with Gasteiger partial charge in [0.25, 0.3) is 7.82 Å². The molecular formula is C82H130NO8P. The van der Waals surface area contributed by atoms with Gasteiger partial charge in [-0.15, -0.1) is 0 Å². The number of phosphoric ester groups is 1. The highest BCUT2D eigenvalue weighted by atomic mass is 31.2. The summed E-state index contributed by atoms with van der Waals surface area (Å²) in [6.07, 6.45) is 110. The van der Waals surface area contributed by atoms with Crippen molar-refractivity contribution in [1.82, 2.24) is 0 Å². The molecule has 2 unspecified atom stereocenters. The Hall–Kier alpha value is -5.41. The smallest absolute Gasteiger partial charge is 0.306 e. The van der Waals surface area contributed by atoms with Crippen LogP contribution in [0.4, 0.5) is 0 Å². The Labute approximate surface area is 564 Å². The minimum Gasteiger partial charge on any atom is -0.756 e. The Morgan fingerprint density at radius 2 is 0.587 bits per heavy atom. The van der Waals surface area contributed by atoms with E-state index in [0.717, 1.165) is 167 Å². The van der Waals surface area contributed by atoms with Gasteiger partial charge in [0.15, 0.2) is 6.10 Å². The molecule has 0 aliphatic heterocycles. The number of rotatable bonds is 63. The number of phosphoric acid groups is 1. The number of ether oxygens (including phenoxy) is 2. The average Bonchev–Trinajstić information content (AvgIpc) is 2.14. The number of quaternary nitrogens is 1. The van der Waals surface area contributed by atoms with Crippen LogP contribution in [0.5, 0.6) is 0 Å². The van der Waals surface area contributed by atoms with Gasteiger partial charge in [0.1, 0.15) is 19.8 Å². The molecule has 0 aromatic heterocycles. The second kappa shape index (κ2) is 69.9. The molecule has 92 heavy (non-hydrogen) atoms. The number of carbonyl (C=O) groups excluding carboxylic acids is 2. The number of esters is 2. The lowest BCUT2D eigenvalue weighted by Crippen LogP contribution is -2.37. The van der Waals surface area contributed by atoms with Crippen LogP contribution in [-0.4, -0.2) is 70.0 Å². The maximum Gasteiger partial charge on any atom is 0.306 e. The quantitative estimate of drug-likeness (QED) is 0.0195. The first-order chi connectivity index (χ1) is 45.0. The molecule has 0 bridgehead atoms. The highest BCUT2D eigenvalue weighted by Crippen LogP contribution is 2.38. The summed E-state index contributed by atoms with van der Waals surface area (Å²) in [7, 11) is 1.12. The summed E-state index contributed by atoms with van der Waals surface area (Å²) < 4.78 is 34.3. The Bertz CT molecular complexity index is 2310. The SMILES string of the molecule is CC/C=C\C/C=C\C/C=C\C/C=C\C/C=C\C/C=C\C/C=C\C/C=C\C/C=C\C/C=C\C/C=C\CCCCCCCC(=O)OC(COC(=O)CCCCCCCCCCCC/C=C\C/C=C\C/C=C\C/C=C\C/C=C\C/C=C\CC)COP(=O)([O-])OCC[N+](C)(C)C. The molecule has 0 rings (SSSR count). The molecule has 0 amide bonds. The van der Waals surface area contributed by atoms with Crippen LogP contribution in [0.15, 0.2) is 207 Å². The summed E-state index contributed by atoms with van der Waals surface area (Å²) in [4.78, 5) is 38.1. The lowest BCUT2D eigenvalue weighted by Gasteiger charge is -2.28. The molecule has 516 valence electrons. The van der Waals surface area contributed by atoms with Crippen molar-refractivity contribution in [3.05, 3.63) is 207 Å². The fourth-order valence-corrected chi connectivity index (χ4v) is 9.63. The largest absolute Gasteiger partial charge is 0.756 e. The molecule has 0 saturated heterocycles. The van der Waals surface area contributed by atoms with Gasteiger partial charge in [-0.1, -0.05) is 291 Å². The maximum absolute atomic E-state index is 12.9. The van der Waals surface area contributed by atoms with Gasteiger partial charge in [0.05, 0.1) is 27.7 Å². The van der Waals surface area contributed by atoms with Crippen molar-refractivity contribution in [1.29, 1.82) is 0 Å². The van der Waals surface area contributed by atoms with Crippen LogP contribution in [0.2, 0.25) is 0 Å². The van der Waals surface area contributed by atoms with E-state index in [1.807, 2.05) is 21.1 Å². The number of hydrogen-bond donors (Lipinski definition) is 0. The summed E-state index contributed by atoms with van der Waals surface area (Å²) in [5.74, 6) is -0.875. The molecule has 0 heterocycles. The zero-order valence-corrected chi connectivity index (χ0v) is 59.5. The van der Waals surface area contributed by atoms with E-state index in [2.05, 4.69) is 220 Å². The number of carbonyl (C=O) groups is 2. The van der Waals surface area contributed by atoms with Crippen molar-refractivity contribution in [3.63, 3.8) is 0 Å². The summed E-state index contributed by atoms with van der Waals surface area (Å²) in [6.45, 7) is 3.96. The van der Waals surface area contributed by atoms with E-state index in [1.165, 1.54) is 38.5 Å². The highest BCUT2D eigenvalue weighted by molar-refractivity contribution is 7.45. The van der Waals surface area contributed by atoms with E-state index in [9.17, 15) is 19.0 Å². The van der Waals surface area contributed by atoms with Gasteiger partial charge in [-0.3, -0.25) is 14.2 Å². The minimum atomic E-state index is -4.67. The predicted octanol–water partition coefficient (Wildman–Crippen LogP) is 23.2. The number of unbranched alkanes of at least 4 members (excludes halogenated alkanes) is 15. The molecule has 0 aromatic rings. The number of nitrogens with zero attached hydrogens (tertiary/aromatic N) is 1. The first-order valence-electron chi connectivity index (χ1n) is 35.8. The summed E-state index contributed by atoms with van der Waals surface area (Å²) >= 11 is 0. The molecule has 9 nitrogen and oxygen atoms in total. The Morgan fingerprint density at radius 1 is 0.337 bits per heavy atom. The minimum absolute atomic E-state index is 0.0472. The fraction of sp³-hybridized carbons (Fsp3) is 0.561. The first-order valence-corrected chi connectivity index (χ1v) is 37.3. The highest BCUT2D eigenvalue weighted by Gasteiger charge is 2.22.